The lowest BCUT2D eigenvalue weighted by molar-refractivity contribution is 0.0932. The Kier molecular flexibility index (Phi) is 7.41. The van der Waals surface area contributed by atoms with E-state index >= 15 is 0 Å². The molecule has 1 N–H and O–H groups in total. The van der Waals surface area contributed by atoms with Crippen LogP contribution in [0.3, 0.4) is 0 Å². The van der Waals surface area contributed by atoms with Crippen molar-refractivity contribution in [2.75, 3.05) is 18.1 Å². The van der Waals surface area contributed by atoms with Gasteiger partial charge in [0.15, 0.2) is 0 Å². The number of nitrogens with one attached hydrogen (secondary N) is 1. The van der Waals surface area contributed by atoms with Crippen LogP contribution in [0.2, 0.25) is 5.02 Å². The molecule has 0 atom stereocenters. The molecular weight excluding hydrogens is 358 g/mol. The highest BCUT2D eigenvalue weighted by atomic mass is 79.9. The molecule has 112 valence electrons. The van der Waals surface area contributed by atoms with E-state index in [2.05, 4.69) is 35.1 Å². The zero-order valence-electron chi connectivity index (χ0n) is 12.1. The van der Waals surface area contributed by atoms with Crippen molar-refractivity contribution in [3.63, 3.8) is 0 Å². The molecule has 1 rings (SSSR count). The van der Waals surface area contributed by atoms with Crippen molar-refractivity contribution in [1.82, 2.24) is 5.32 Å². The van der Waals surface area contributed by atoms with Gasteiger partial charge in [-0.25, -0.2) is 0 Å². The number of carbonyl (C=O) groups is 1. The Hall–Kier alpha value is -0.190. The van der Waals surface area contributed by atoms with Crippen LogP contribution >= 0.6 is 39.3 Å². The minimum Gasteiger partial charge on any atom is -0.351 e. The second-order valence-corrected chi connectivity index (χ2v) is 6.72. The van der Waals surface area contributed by atoms with Crippen LogP contribution in [0.15, 0.2) is 23.1 Å². The molecule has 0 saturated heterocycles. The van der Waals surface area contributed by atoms with E-state index in [1.165, 1.54) is 0 Å². The standard InChI is InChI=1S/C15H21BrClNOS/c1-4-15(5-2,9-16)10-18-14(19)12-8-11(20-3)6-7-13(12)17/h6-8H,4-5,9-10H2,1-3H3,(H,18,19). The molecule has 0 radical (unpaired) electrons. The highest BCUT2D eigenvalue weighted by Crippen LogP contribution is 2.28. The zero-order valence-corrected chi connectivity index (χ0v) is 15.3. The molecule has 0 aliphatic carbocycles. The van der Waals surface area contributed by atoms with E-state index in [0.29, 0.717) is 17.1 Å². The van der Waals surface area contributed by atoms with Gasteiger partial charge >= 0.3 is 0 Å². The third-order valence-corrected chi connectivity index (χ3v) is 6.07. The quantitative estimate of drug-likeness (QED) is 0.535. The molecular formula is C15H21BrClNOS. The summed E-state index contributed by atoms with van der Waals surface area (Å²) in [4.78, 5) is 13.3. The molecule has 20 heavy (non-hydrogen) atoms. The van der Waals surface area contributed by atoms with Gasteiger partial charge in [0.1, 0.15) is 0 Å². The number of alkyl halides is 1. The van der Waals surface area contributed by atoms with Crippen molar-refractivity contribution >= 4 is 45.2 Å². The fourth-order valence-corrected chi connectivity index (χ4v) is 3.54. The summed E-state index contributed by atoms with van der Waals surface area (Å²) in [6.07, 6.45) is 4.02. The lowest BCUT2D eigenvalue weighted by Crippen LogP contribution is -2.38. The maximum Gasteiger partial charge on any atom is 0.252 e. The molecule has 2 nitrogen and oxygen atoms in total. The van der Waals surface area contributed by atoms with Crippen molar-refractivity contribution < 1.29 is 4.79 Å². The van der Waals surface area contributed by atoms with Crippen molar-refractivity contribution in [2.45, 2.75) is 31.6 Å². The second kappa shape index (κ2) is 8.30. The average Bonchev–Trinajstić information content (AvgIpc) is 2.49. The van der Waals surface area contributed by atoms with Crippen LogP contribution in [0.4, 0.5) is 0 Å². The number of hydrogen-bond acceptors (Lipinski definition) is 2. The topological polar surface area (TPSA) is 29.1 Å². The molecule has 5 heteroatoms. The normalized spacial score (nSPS) is 11.4. The molecule has 0 spiro atoms. The van der Waals surface area contributed by atoms with Gasteiger partial charge in [-0.2, -0.15) is 0 Å². The van der Waals surface area contributed by atoms with Crippen LogP contribution < -0.4 is 5.32 Å². The monoisotopic (exact) mass is 377 g/mol. The molecule has 0 fully saturated rings. The van der Waals surface area contributed by atoms with Crippen LogP contribution in [0, 0.1) is 5.41 Å². The van der Waals surface area contributed by atoms with E-state index in [1.54, 1.807) is 17.8 Å². The Balaban J connectivity index is 2.81. The zero-order chi connectivity index (χ0) is 15.2. The highest BCUT2D eigenvalue weighted by Gasteiger charge is 2.25. The number of halogens is 2. The smallest absolute Gasteiger partial charge is 0.252 e. The molecule has 0 saturated carbocycles. The largest absolute Gasteiger partial charge is 0.351 e. The van der Waals surface area contributed by atoms with E-state index in [-0.39, 0.29) is 11.3 Å². The van der Waals surface area contributed by atoms with Gasteiger partial charge in [0.25, 0.3) is 5.91 Å². The number of benzene rings is 1. The van der Waals surface area contributed by atoms with Crippen molar-refractivity contribution in [2.24, 2.45) is 5.41 Å². The molecule has 0 aromatic heterocycles. The van der Waals surface area contributed by atoms with Gasteiger partial charge in [0.05, 0.1) is 10.6 Å². The molecule has 0 aliphatic heterocycles. The van der Waals surface area contributed by atoms with Crippen molar-refractivity contribution in [3.8, 4) is 0 Å². The third-order valence-electron chi connectivity index (χ3n) is 3.83. The summed E-state index contributed by atoms with van der Waals surface area (Å²) in [5.41, 5.74) is 0.661. The lowest BCUT2D eigenvalue weighted by atomic mass is 9.84. The van der Waals surface area contributed by atoms with Crippen LogP contribution in [0.5, 0.6) is 0 Å². The van der Waals surface area contributed by atoms with Gasteiger partial charge in [-0.3, -0.25) is 4.79 Å². The summed E-state index contributed by atoms with van der Waals surface area (Å²) in [5.74, 6) is -0.0990. The molecule has 0 unspecified atom stereocenters. The van der Waals surface area contributed by atoms with E-state index in [4.69, 9.17) is 11.6 Å². The summed E-state index contributed by atoms with van der Waals surface area (Å²) in [5, 5.41) is 4.40. The molecule has 0 heterocycles. The fraction of sp³-hybridized carbons (Fsp3) is 0.533. The molecule has 1 amide bonds. The first-order valence-corrected chi connectivity index (χ1v) is 9.42. The van der Waals surface area contributed by atoms with Gasteiger partial charge in [-0.05, 0) is 42.7 Å². The Morgan fingerprint density at radius 3 is 2.55 bits per heavy atom. The third kappa shape index (κ3) is 4.40. The van der Waals surface area contributed by atoms with Crippen molar-refractivity contribution in [1.29, 1.82) is 0 Å². The van der Waals surface area contributed by atoms with Crippen LogP contribution in [-0.4, -0.2) is 24.0 Å². The average molecular weight is 379 g/mol. The highest BCUT2D eigenvalue weighted by molar-refractivity contribution is 9.09. The summed E-state index contributed by atoms with van der Waals surface area (Å²) in [7, 11) is 0. The van der Waals surface area contributed by atoms with Crippen LogP contribution in [0.1, 0.15) is 37.0 Å². The van der Waals surface area contributed by atoms with E-state index in [9.17, 15) is 4.79 Å². The predicted molar refractivity (Wildman–Crippen MR) is 92.4 cm³/mol. The molecule has 0 aliphatic rings. The Morgan fingerprint density at radius 2 is 2.05 bits per heavy atom. The first-order chi connectivity index (χ1) is 9.51. The van der Waals surface area contributed by atoms with Crippen LogP contribution in [0.25, 0.3) is 0 Å². The van der Waals surface area contributed by atoms with Gasteiger partial charge in [0, 0.05) is 16.8 Å². The number of hydrogen-bond donors (Lipinski definition) is 1. The maximum absolute atomic E-state index is 12.3. The Bertz CT molecular complexity index is 455. The number of rotatable bonds is 7. The Morgan fingerprint density at radius 1 is 1.40 bits per heavy atom. The number of thioether (sulfide) groups is 1. The Labute approximate surface area is 139 Å². The SMILES string of the molecule is CCC(CC)(CBr)CNC(=O)c1cc(SC)ccc1Cl. The molecule has 1 aromatic rings. The van der Waals surface area contributed by atoms with E-state index < -0.39 is 0 Å². The number of amides is 1. The molecule has 0 bridgehead atoms. The van der Waals surface area contributed by atoms with Gasteiger partial charge in [-0.1, -0.05) is 41.4 Å². The van der Waals surface area contributed by atoms with E-state index in [0.717, 1.165) is 23.1 Å². The van der Waals surface area contributed by atoms with Gasteiger partial charge < -0.3 is 5.32 Å². The van der Waals surface area contributed by atoms with Gasteiger partial charge in [-0.15, -0.1) is 11.8 Å². The first-order valence-electron chi connectivity index (χ1n) is 6.69. The minimum atomic E-state index is -0.0990. The van der Waals surface area contributed by atoms with E-state index in [1.807, 2.05) is 18.4 Å². The summed E-state index contributed by atoms with van der Waals surface area (Å²) in [6.45, 7) is 4.96. The summed E-state index contributed by atoms with van der Waals surface area (Å²) in [6, 6.07) is 5.54. The minimum absolute atomic E-state index is 0.0990. The van der Waals surface area contributed by atoms with Gasteiger partial charge in [0.2, 0.25) is 0 Å². The number of carbonyl (C=O) groups excluding carboxylic acids is 1. The lowest BCUT2D eigenvalue weighted by Gasteiger charge is -2.29. The summed E-state index contributed by atoms with van der Waals surface area (Å²) < 4.78 is 0. The molecule has 1 aromatic carbocycles. The predicted octanol–water partition coefficient (Wildman–Crippen LogP) is 4.99. The fourth-order valence-electron chi connectivity index (χ4n) is 1.90. The van der Waals surface area contributed by atoms with Crippen LogP contribution in [-0.2, 0) is 0 Å². The summed E-state index contributed by atoms with van der Waals surface area (Å²) >= 11 is 11.3. The second-order valence-electron chi connectivity index (χ2n) is 4.87. The maximum atomic E-state index is 12.3. The first kappa shape index (κ1) is 17.9. The van der Waals surface area contributed by atoms with Crippen molar-refractivity contribution in [3.05, 3.63) is 28.8 Å².